The molecule has 2 aliphatic rings. The summed E-state index contributed by atoms with van der Waals surface area (Å²) in [5, 5.41) is 0. The topological polar surface area (TPSA) is 49.4 Å². The molecule has 1 saturated carbocycles. The summed E-state index contributed by atoms with van der Waals surface area (Å²) in [6, 6.07) is 6.11. The van der Waals surface area contributed by atoms with E-state index < -0.39 is 15.5 Å². The molecule has 0 radical (unpaired) electrons. The van der Waals surface area contributed by atoms with Crippen LogP contribution in [0.5, 0.6) is 0 Å². The lowest BCUT2D eigenvalue weighted by Crippen LogP contribution is -2.38. The summed E-state index contributed by atoms with van der Waals surface area (Å²) in [7, 11) is -5.47. The molecule has 4 nitrogen and oxygen atoms in total. The van der Waals surface area contributed by atoms with Crippen LogP contribution in [-0.4, -0.2) is 25.4 Å². The highest BCUT2D eigenvalue weighted by molar-refractivity contribution is 7.93. The van der Waals surface area contributed by atoms with Crippen LogP contribution in [-0.2, 0) is 16.6 Å². The monoisotopic (exact) mass is 400 g/mol. The number of piperidine rings is 1. The third-order valence-electron chi connectivity index (χ3n) is 5.72. The number of likely N-dealkylation sites (tertiary alicyclic amines) is 1. The van der Waals surface area contributed by atoms with Gasteiger partial charge in [0.2, 0.25) is 0 Å². The van der Waals surface area contributed by atoms with Gasteiger partial charge in [0.1, 0.15) is 0 Å². The van der Waals surface area contributed by atoms with Crippen molar-refractivity contribution in [3.63, 3.8) is 0 Å². The average Bonchev–Trinajstić information content (AvgIpc) is 3.06. The first kappa shape index (κ1) is 19.8. The fourth-order valence-electron chi connectivity index (χ4n) is 4.08. The lowest BCUT2D eigenvalue weighted by molar-refractivity contribution is -0.0429. The molecule has 0 bridgehead atoms. The van der Waals surface area contributed by atoms with Crippen molar-refractivity contribution in [3.8, 4) is 0 Å². The molecule has 1 saturated heterocycles. The molecule has 1 spiro atoms. The second-order valence-electron chi connectivity index (χ2n) is 7.29. The fraction of sp³-hybridized carbons (Fsp3) is 0.474. The molecule has 3 rings (SSSR count). The summed E-state index contributed by atoms with van der Waals surface area (Å²) < 4.78 is 62.7. The van der Waals surface area contributed by atoms with E-state index in [1.165, 1.54) is 25.0 Å². The Morgan fingerprint density at radius 2 is 1.74 bits per heavy atom. The van der Waals surface area contributed by atoms with Gasteiger partial charge in [0.15, 0.2) is 0 Å². The molecule has 1 aliphatic heterocycles. The molecule has 2 fully saturated rings. The van der Waals surface area contributed by atoms with Crippen LogP contribution in [0.2, 0.25) is 0 Å². The second kappa shape index (κ2) is 6.89. The third-order valence-corrected chi connectivity index (χ3v) is 6.82. The number of para-hydroxylation sites is 1. The quantitative estimate of drug-likeness (QED) is 0.791. The first-order valence-electron chi connectivity index (χ1n) is 8.86. The van der Waals surface area contributed by atoms with Crippen molar-refractivity contribution in [1.82, 2.24) is 4.90 Å². The van der Waals surface area contributed by atoms with E-state index in [9.17, 15) is 21.6 Å². The minimum absolute atomic E-state index is 0.0746. The predicted octanol–water partition coefficient (Wildman–Crippen LogP) is 4.78. The van der Waals surface area contributed by atoms with Crippen LogP contribution >= 0.6 is 0 Å². The van der Waals surface area contributed by atoms with Gasteiger partial charge in [-0.25, -0.2) is 0 Å². The Morgan fingerprint density at radius 3 is 2.37 bits per heavy atom. The predicted molar refractivity (Wildman–Crippen MR) is 99.2 cm³/mol. The molecule has 0 amide bonds. The second-order valence-corrected chi connectivity index (χ2v) is 8.97. The molecule has 1 aromatic rings. The maximum atomic E-state index is 12.7. The molecule has 0 aromatic heterocycles. The standard InChI is InChI=1S/C19H23F3N2O2S/c1-14-15(2)24(12-11-18(14)9-5-6-10-18)13-16-7-3-4-8-17(16)23-27(25,26)19(20,21)22/h3-4,7-8,23H,1-2,5-6,9-13H2. The lowest BCUT2D eigenvalue weighted by atomic mass is 9.72. The Morgan fingerprint density at radius 1 is 1.11 bits per heavy atom. The minimum atomic E-state index is -5.47. The van der Waals surface area contributed by atoms with Crippen LogP contribution in [0.4, 0.5) is 18.9 Å². The molecule has 0 atom stereocenters. The van der Waals surface area contributed by atoms with Crippen molar-refractivity contribution >= 4 is 15.7 Å². The van der Waals surface area contributed by atoms with Crippen molar-refractivity contribution in [1.29, 1.82) is 0 Å². The number of alkyl halides is 3. The van der Waals surface area contributed by atoms with E-state index in [1.807, 2.05) is 4.90 Å². The zero-order valence-electron chi connectivity index (χ0n) is 15.0. The SMILES string of the molecule is C=C1C(=C)C2(CCCC2)CCN1Cc1ccccc1NS(=O)(=O)C(F)(F)F. The molecular weight excluding hydrogens is 377 g/mol. The number of allylic oxidation sites excluding steroid dienone is 1. The van der Waals surface area contributed by atoms with Crippen LogP contribution in [0.15, 0.2) is 48.7 Å². The minimum Gasteiger partial charge on any atom is -0.367 e. The first-order chi connectivity index (χ1) is 12.6. The van der Waals surface area contributed by atoms with Gasteiger partial charge in [-0.05, 0) is 41.9 Å². The van der Waals surface area contributed by atoms with Crippen LogP contribution in [0.1, 0.15) is 37.7 Å². The Hall–Kier alpha value is -1.96. The van der Waals surface area contributed by atoms with E-state index in [2.05, 4.69) is 13.2 Å². The molecule has 148 valence electrons. The number of benzene rings is 1. The molecule has 27 heavy (non-hydrogen) atoms. The van der Waals surface area contributed by atoms with E-state index in [4.69, 9.17) is 0 Å². The van der Waals surface area contributed by atoms with Gasteiger partial charge in [0, 0.05) is 18.8 Å². The highest BCUT2D eigenvalue weighted by Gasteiger charge is 2.46. The highest BCUT2D eigenvalue weighted by Crippen LogP contribution is 2.51. The molecule has 1 heterocycles. The van der Waals surface area contributed by atoms with Crippen LogP contribution < -0.4 is 4.72 Å². The number of hydrogen-bond acceptors (Lipinski definition) is 3. The normalized spacial score (nSPS) is 20.3. The molecule has 1 aliphatic carbocycles. The molecule has 8 heteroatoms. The van der Waals surface area contributed by atoms with Crippen molar-refractivity contribution < 1.29 is 21.6 Å². The van der Waals surface area contributed by atoms with Crippen molar-refractivity contribution in [2.75, 3.05) is 11.3 Å². The summed E-state index contributed by atoms with van der Waals surface area (Å²) in [4.78, 5) is 1.96. The molecular formula is C19H23F3N2O2S. The van der Waals surface area contributed by atoms with Gasteiger partial charge in [-0.1, -0.05) is 44.2 Å². The van der Waals surface area contributed by atoms with Crippen molar-refractivity contribution in [3.05, 3.63) is 54.3 Å². The molecule has 1 N–H and O–H groups in total. The largest absolute Gasteiger partial charge is 0.516 e. The highest BCUT2D eigenvalue weighted by atomic mass is 32.2. The third kappa shape index (κ3) is 3.72. The Kier molecular flexibility index (Phi) is 5.05. The van der Waals surface area contributed by atoms with E-state index in [0.29, 0.717) is 5.56 Å². The Bertz CT molecular complexity index is 856. The summed E-state index contributed by atoms with van der Waals surface area (Å²) in [6.07, 6.45) is 5.48. The number of rotatable bonds is 4. The van der Waals surface area contributed by atoms with Crippen LogP contribution in [0.3, 0.4) is 0 Å². The van der Waals surface area contributed by atoms with Gasteiger partial charge >= 0.3 is 15.5 Å². The zero-order chi connectivity index (χ0) is 19.9. The fourth-order valence-corrected chi connectivity index (χ4v) is 4.68. The summed E-state index contributed by atoms with van der Waals surface area (Å²) in [5.74, 6) is 0. The van der Waals surface area contributed by atoms with Gasteiger partial charge in [-0.3, -0.25) is 4.72 Å². The van der Waals surface area contributed by atoms with Gasteiger partial charge in [0.05, 0.1) is 5.69 Å². The number of hydrogen-bond donors (Lipinski definition) is 1. The van der Waals surface area contributed by atoms with E-state index in [1.54, 1.807) is 16.9 Å². The van der Waals surface area contributed by atoms with E-state index in [0.717, 1.165) is 37.1 Å². The maximum Gasteiger partial charge on any atom is 0.516 e. The number of sulfonamides is 1. The van der Waals surface area contributed by atoms with Crippen molar-refractivity contribution in [2.45, 2.75) is 44.2 Å². The average molecular weight is 400 g/mol. The van der Waals surface area contributed by atoms with Gasteiger partial charge in [-0.15, -0.1) is 0 Å². The zero-order valence-corrected chi connectivity index (χ0v) is 15.8. The number of nitrogens with zero attached hydrogens (tertiary/aromatic N) is 1. The van der Waals surface area contributed by atoms with Crippen LogP contribution in [0, 0.1) is 5.41 Å². The van der Waals surface area contributed by atoms with E-state index in [-0.39, 0.29) is 17.6 Å². The number of anilines is 1. The molecule has 0 unspecified atom stereocenters. The maximum absolute atomic E-state index is 12.7. The first-order valence-corrected chi connectivity index (χ1v) is 10.3. The van der Waals surface area contributed by atoms with Gasteiger partial charge < -0.3 is 4.90 Å². The summed E-state index contributed by atoms with van der Waals surface area (Å²) >= 11 is 0. The number of nitrogens with one attached hydrogen (secondary N) is 1. The van der Waals surface area contributed by atoms with Crippen molar-refractivity contribution in [2.24, 2.45) is 5.41 Å². The molecule has 1 aromatic carbocycles. The van der Waals surface area contributed by atoms with Gasteiger partial charge in [0.25, 0.3) is 0 Å². The smallest absolute Gasteiger partial charge is 0.367 e. The van der Waals surface area contributed by atoms with Crippen LogP contribution in [0.25, 0.3) is 0 Å². The lowest BCUT2D eigenvalue weighted by Gasteiger charge is -2.44. The number of halogens is 3. The summed E-state index contributed by atoms with van der Waals surface area (Å²) in [5.41, 5.74) is -3.09. The van der Waals surface area contributed by atoms with Gasteiger partial charge in [-0.2, -0.15) is 21.6 Å². The summed E-state index contributed by atoms with van der Waals surface area (Å²) in [6.45, 7) is 9.37. The Labute approximate surface area is 157 Å². The Balaban J connectivity index is 1.79. The van der Waals surface area contributed by atoms with E-state index >= 15 is 0 Å².